The summed E-state index contributed by atoms with van der Waals surface area (Å²) in [5, 5.41) is 0.415. The first-order valence-corrected chi connectivity index (χ1v) is 6.52. The molecule has 3 aromatic heterocycles. The largest absolute Gasteiger partial charge is 0.268 e. The van der Waals surface area contributed by atoms with Crippen LogP contribution in [0.4, 0.5) is 0 Å². The fraction of sp³-hybridized carbons (Fsp3) is 0. The smallest absolute Gasteiger partial charge is 0.268 e. The molecule has 1 aromatic carbocycles. The third kappa shape index (κ3) is 1.87. The van der Waals surface area contributed by atoms with Gasteiger partial charge in [0.15, 0.2) is 11.5 Å². The summed E-state index contributed by atoms with van der Waals surface area (Å²) < 4.78 is 1.49. The summed E-state index contributed by atoms with van der Waals surface area (Å²) in [6.45, 7) is 0. The van der Waals surface area contributed by atoms with Crippen LogP contribution in [0.1, 0.15) is 0 Å². The zero-order chi connectivity index (χ0) is 14.2. The first-order valence-electron chi connectivity index (χ1n) is 6.52. The zero-order valence-corrected chi connectivity index (χ0v) is 11.0. The van der Waals surface area contributed by atoms with E-state index in [2.05, 4.69) is 15.0 Å². The van der Waals surface area contributed by atoms with Crippen LogP contribution in [0.25, 0.3) is 28.1 Å². The molecule has 5 nitrogen and oxygen atoms in total. The summed E-state index contributed by atoms with van der Waals surface area (Å²) in [6, 6.07) is 15.0. The Morgan fingerprint density at radius 3 is 2.57 bits per heavy atom. The molecule has 0 aliphatic heterocycles. The summed E-state index contributed by atoms with van der Waals surface area (Å²) in [7, 11) is 0. The Balaban J connectivity index is 2.04. The highest BCUT2D eigenvalue weighted by Gasteiger charge is 2.09. The maximum Gasteiger partial charge on any atom is 0.268 e. The molecule has 0 bridgehead atoms. The average molecular weight is 274 g/mol. The van der Waals surface area contributed by atoms with Crippen LogP contribution in [0, 0.1) is 0 Å². The second kappa shape index (κ2) is 4.49. The molecule has 0 spiro atoms. The molecule has 0 radical (unpaired) electrons. The minimum Gasteiger partial charge on any atom is -0.268 e. The molecule has 0 saturated heterocycles. The fourth-order valence-corrected chi connectivity index (χ4v) is 2.27. The molecular formula is C16H10N4O. The van der Waals surface area contributed by atoms with Gasteiger partial charge in [-0.3, -0.25) is 9.20 Å². The van der Waals surface area contributed by atoms with Gasteiger partial charge in [0.2, 0.25) is 0 Å². The zero-order valence-electron chi connectivity index (χ0n) is 11.0. The first-order chi connectivity index (χ1) is 10.3. The third-order valence-electron chi connectivity index (χ3n) is 3.31. The Morgan fingerprint density at radius 2 is 1.71 bits per heavy atom. The monoisotopic (exact) mass is 274 g/mol. The number of pyridine rings is 1. The summed E-state index contributed by atoms with van der Waals surface area (Å²) in [4.78, 5) is 25.5. The van der Waals surface area contributed by atoms with Crippen molar-refractivity contribution >= 4 is 16.7 Å². The highest BCUT2D eigenvalue weighted by Crippen LogP contribution is 2.15. The van der Waals surface area contributed by atoms with Crippen molar-refractivity contribution in [2.75, 3.05) is 0 Å². The van der Waals surface area contributed by atoms with Crippen molar-refractivity contribution in [2.24, 2.45) is 0 Å². The molecule has 0 unspecified atom stereocenters. The van der Waals surface area contributed by atoms with Crippen LogP contribution in [-0.2, 0) is 0 Å². The molecule has 0 atom stereocenters. The van der Waals surface area contributed by atoms with Gasteiger partial charge in [-0.1, -0.05) is 36.4 Å². The molecule has 3 heterocycles. The Kier molecular flexibility index (Phi) is 2.50. The van der Waals surface area contributed by atoms with Gasteiger partial charge >= 0.3 is 0 Å². The van der Waals surface area contributed by atoms with Crippen LogP contribution in [0.15, 0.2) is 65.7 Å². The molecule has 0 saturated carbocycles. The topological polar surface area (TPSA) is 60.2 Å². The van der Waals surface area contributed by atoms with Crippen molar-refractivity contribution in [1.29, 1.82) is 0 Å². The van der Waals surface area contributed by atoms with Gasteiger partial charge in [0.25, 0.3) is 5.56 Å². The molecule has 21 heavy (non-hydrogen) atoms. The van der Waals surface area contributed by atoms with E-state index in [1.54, 1.807) is 24.5 Å². The van der Waals surface area contributed by atoms with Crippen LogP contribution in [0.5, 0.6) is 0 Å². The van der Waals surface area contributed by atoms with E-state index in [9.17, 15) is 4.79 Å². The number of fused-ring (bicyclic) bond motifs is 2. The Bertz CT molecular complexity index is 1010. The van der Waals surface area contributed by atoms with Crippen LogP contribution in [-0.4, -0.2) is 19.4 Å². The predicted molar refractivity (Wildman–Crippen MR) is 80.0 cm³/mol. The highest BCUT2D eigenvalue weighted by atomic mass is 16.1. The van der Waals surface area contributed by atoms with Crippen LogP contribution < -0.4 is 5.56 Å². The summed E-state index contributed by atoms with van der Waals surface area (Å²) in [5.74, 6) is 0.565. The quantitative estimate of drug-likeness (QED) is 0.500. The lowest BCUT2D eigenvalue weighted by Crippen LogP contribution is -2.15. The van der Waals surface area contributed by atoms with Crippen LogP contribution in [0.3, 0.4) is 0 Å². The SMILES string of the molecule is O=c1c2cnc(-c3ccccc3)nc2nc2ccccn12. The summed E-state index contributed by atoms with van der Waals surface area (Å²) >= 11 is 0. The molecule has 5 heteroatoms. The van der Waals surface area contributed by atoms with Crippen molar-refractivity contribution in [2.45, 2.75) is 0 Å². The van der Waals surface area contributed by atoms with E-state index in [1.165, 1.54) is 4.40 Å². The maximum absolute atomic E-state index is 12.4. The second-order valence-electron chi connectivity index (χ2n) is 4.64. The van der Waals surface area contributed by atoms with Crippen molar-refractivity contribution in [1.82, 2.24) is 19.4 Å². The lowest BCUT2D eigenvalue weighted by Gasteiger charge is -2.04. The molecule has 0 aliphatic carbocycles. The molecule has 0 amide bonds. The van der Waals surface area contributed by atoms with Gasteiger partial charge in [0.05, 0.1) is 0 Å². The van der Waals surface area contributed by atoms with Gasteiger partial charge in [-0.05, 0) is 12.1 Å². The normalized spacial score (nSPS) is 11.0. The van der Waals surface area contributed by atoms with Crippen molar-refractivity contribution in [3.05, 3.63) is 71.3 Å². The van der Waals surface area contributed by atoms with Gasteiger partial charge < -0.3 is 0 Å². The number of hydrogen-bond acceptors (Lipinski definition) is 4. The van der Waals surface area contributed by atoms with Crippen molar-refractivity contribution in [3.8, 4) is 11.4 Å². The van der Waals surface area contributed by atoms with Gasteiger partial charge in [-0.15, -0.1) is 0 Å². The van der Waals surface area contributed by atoms with E-state index in [-0.39, 0.29) is 5.56 Å². The minimum absolute atomic E-state index is 0.157. The van der Waals surface area contributed by atoms with Crippen molar-refractivity contribution in [3.63, 3.8) is 0 Å². The van der Waals surface area contributed by atoms with E-state index in [1.807, 2.05) is 36.4 Å². The number of rotatable bonds is 1. The number of hydrogen-bond donors (Lipinski definition) is 0. The van der Waals surface area contributed by atoms with Crippen LogP contribution >= 0.6 is 0 Å². The standard InChI is InChI=1S/C16H10N4O/c21-16-12-10-17-14(11-6-2-1-3-7-11)19-15(12)18-13-8-4-5-9-20(13)16/h1-10H. The van der Waals surface area contributed by atoms with E-state index >= 15 is 0 Å². The Labute approximate surface area is 119 Å². The summed E-state index contributed by atoms with van der Waals surface area (Å²) in [5.41, 5.74) is 1.73. The lowest BCUT2D eigenvalue weighted by molar-refractivity contribution is 1.06. The molecule has 0 fully saturated rings. The first kappa shape index (κ1) is 11.7. The Morgan fingerprint density at radius 1 is 0.905 bits per heavy atom. The number of nitrogens with zero attached hydrogens (tertiary/aromatic N) is 4. The maximum atomic E-state index is 12.4. The summed E-state index contributed by atoms with van der Waals surface area (Å²) in [6.07, 6.45) is 3.23. The van der Waals surface area contributed by atoms with E-state index < -0.39 is 0 Å². The molecule has 0 N–H and O–H groups in total. The van der Waals surface area contributed by atoms with Gasteiger partial charge in [-0.25, -0.2) is 15.0 Å². The lowest BCUT2D eigenvalue weighted by atomic mass is 10.2. The van der Waals surface area contributed by atoms with Gasteiger partial charge in [0, 0.05) is 18.0 Å². The van der Waals surface area contributed by atoms with Crippen LogP contribution in [0.2, 0.25) is 0 Å². The number of aromatic nitrogens is 4. The highest BCUT2D eigenvalue weighted by molar-refractivity contribution is 5.77. The Hall–Kier alpha value is -3.08. The minimum atomic E-state index is -0.157. The van der Waals surface area contributed by atoms with Gasteiger partial charge in [0.1, 0.15) is 11.0 Å². The molecule has 4 aromatic rings. The third-order valence-corrected chi connectivity index (χ3v) is 3.31. The second-order valence-corrected chi connectivity index (χ2v) is 4.64. The molecule has 0 aliphatic rings. The van der Waals surface area contributed by atoms with Gasteiger partial charge in [-0.2, -0.15) is 0 Å². The molecule has 4 rings (SSSR count). The van der Waals surface area contributed by atoms with Crippen molar-refractivity contribution < 1.29 is 0 Å². The molecular weight excluding hydrogens is 264 g/mol. The molecule has 100 valence electrons. The van der Waals surface area contributed by atoms with E-state index in [4.69, 9.17) is 0 Å². The van der Waals surface area contributed by atoms with E-state index in [0.29, 0.717) is 22.5 Å². The average Bonchev–Trinajstić information content (AvgIpc) is 2.55. The van der Waals surface area contributed by atoms with E-state index in [0.717, 1.165) is 5.56 Å². The fourth-order valence-electron chi connectivity index (χ4n) is 2.27. The number of benzene rings is 1. The predicted octanol–water partition coefficient (Wildman–Crippen LogP) is 2.30.